The number of hydrogen-bond donors (Lipinski definition) is 1. The van der Waals surface area contributed by atoms with Crippen LogP contribution in [0.15, 0.2) is 91.1 Å². The number of hydrogen-bond acceptors (Lipinski definition) is 4. The molecule has 1 N–H and O–H groups in total. The molecule has 4 heteroatoms. The van der Waals surface area contributed by atoms with E-state index in [1.54, 1.807) is 17.4 Å². The number of phenolic OH excluding ortho intramolecular Hbond substituents is 1. The standard InChI is InChI=1S/C36H34N2OS/c1-35(2,3)24-15-16-37-30(20-24)29-18-23(17-22-11-7-8-12-26(22)29)28-19-25(36(4,5)6)21-32-33(28)38-34(40-32)27-13-9-10-14-31(27)39/h7-21,39H,1-6H3. The Morgan fingerprint density at radius 2 is 1.40 bits per heavy atom. The molecule has 0 amide bonds. The molecule has 0 unspecified atom stereocenters. The van der Waals surface area contributed by atoms with Crippen LogP contribution in [0.5, 0.6) is 5.75 Å². The van der Waals surface area contributed by atoms with E-state index in [0.717, 1.165) is 43.2 Å². The maximum atomic E-state index is 10.6. The van der Waals surface area contributed by atoms with E-state index >= 15 is 0 Å². The van der Waals surface area contributed by atoms with Gasteiger partial charge in [0, 0.05) is 17.3 Å². The second-order valence-electron chi connectivity index (χ2n) is 12.6. The predicted octanol–water partition coefficient (Wildman–Crippen LogP) is 10.1. The highest BCUT2D eigenvalue weighted by molar-refractivity contribution is 7.21. The molecule has 0 bridgehead atoms. The first-order valence-electron chi connectivity index (χ1n) is 13.7. The Hall–Kier alpha value is -4.02. The van der Waals surface area contributed by atoms with Gasteiger partial charge in [-0.15, -0.1) is 11.3 Å². The van der Waals surface area contributed by atoms with Crippen molar-refractivity contribution in [3.8, 4) is 38.7 Å². The van der Waals surface area contributed by atoms with Gasteiger partial charge in [-0.25, -0.2) is 4.98 Å². The van der Waals surface area contributed by atoms with Crippen LogP contribution in [0, 0.1) is 0 Å². The first kappa shape index (κ1) is 26.2. The molecule has 0 saturated carbocycles. The number of fused-ring (bicyclic) bond motifs is 2. The minimum Gasteiger partial charge on any atom is -0.507 e. The normalized spacial score (nSPS) is 12.3. The fourth-order valence-electron chi connectivity index (χ4n) is 5.17. The van der Waals surface area contributed by atoms with Gasteiger partial charge < -0.3 is 5.11 Å². The van der Waals surface area contributed by atoms with E-state index in [0.29, 0.717) is 0 Å². The van der Waals surface area contributed by atoms with Gasteiger partial charge in [0.2, 0.25) is 0 Å². The molecule has 0 aliphatic carbocycles. The van der Waals surface area contributed by atoms with Crippen molar-refractivity contribution in [1.29, 1.82) is 0 Å². The molecular weight excluding hydrogens is 508 g/mol. The lowest BCUT2D eigenvalue weighted by molar-refractivity contribution is 0.477. The predicted molar refractivity (Wildman–Crippen MR) is 170 cm³/mol. The van der Waals surface area contributed by atoms with E-state index in [1.807, 2.05) is 24.4 Å². The second kappa shape index (κ2) is 9.57. The minimum absolute atomic E-state index is 0.0261. The minimum atomic E-state index is -0.0374. The molecule has 2 heterocycles. The Bertz CT molecular complexity index is 1890. The number of phenols is 1. The van der Waals surface area contributed by atoms with Crippen molar-refractivity contribution in [2.45, 2.75) is 52.4 Å². The van der Waals surface area contributed by atoms with Crippen LogP contribution in [0.2, 0.25) is 0 Å². The van der Waals surface area contributed by atoms with Gasteiger partial charge in [0.1, 0.15) is 10.8 Å². The summed E-state index contributed by atoms with van der Waals surface area (Å²) in [7, 11) is 0. The smallest absolute Gasteiger partial charge is 0.128 e. The van der Waals surface area contributed by atoms with E-state index < -0.39 is 0 Å². The Morgan fingerprint density at radius 1 is 0.675 bits per heavy atom. The summed E-state index contributed by atoms with van der Waals surface area (Å²) in [5, 5.41) is 13.8. The van der Waals surface area contributed by atoms with Gasteiger partial charge >= 0.3 is 0 Å². The second-order valence-corrected chi connectivity index (χ2v) is 13.6. The highest BCUT2D eigenvalue weighted by Gasteiger charge is 2.22. The number of nitrogens with zero attached hydrogens (tertiary/aromatic N) is 2. The molecule has 0 fully saturated rings. The molecule has 40 heavy (non-hydrogen) atoms. The lowest BCUT2D eigenvalue weighted by atomic mass is 9.84. The molecule has 0 saturated heterocycles. The van der Waals surface area contributed by atoms with Gasteiger partial charge in [0.25, 0.3) is 0 Å². The molecule has 3 nitrogen and oxygen atoms in total. The van der Waals surface area contributed by atoms with E-state index in [1.165, 1.54) is 21.9 Å². The number of pyridine rings is 1. The molecule has 0 atom stereocenters. The quantitative estimate of drug-likeness (QED) is 0.242. The van der Waals surface area contributed by atoms with Crippen molar-refractivity contribution in [2.24, 2.45) is 0 Å². The zero-order chi connectivity index (χ0) is 28.2. The Kier molecular flexibility index (Phi) is 6.27. The fraction of sp³-hybridized carbons (Fsp3) is 0.222. The van der Waals surface area contributed by atoms with E-state index in [4.69, 9.17) is 9.97 Å². The van der Waals surface area contributed by atoms with Crippen LogP contribution in [0.1, 0.15) is 52.7 Å². The summed E-state index contributed by atoms with van der Waals surface area (Å²) >= 11 is 1.63. The molecular formula is C36H34N2OS. The van der Waals surface area contributed by atoms with Gasteiger partial charge in [-0.1, -0.05) is 77.9 Å². The summed E-state index contributed by atoms with van der Waals surface area (Å²) in [5.74, 6) is 0.247. The SMILES string of the molecule is CC(C)(C)c1ccnc(-c2cc(-c3cc(C(C)(C)C)cc4sc(-c5ccccc5O)nc34)cc3ccccc23)c1. The van der Waals surface area contributed by atoms with Crippen molar-refractivity contribution in [3.05, 3.63) is 102 Å². The van der Waals surface area contributed by atoms with Crippen molar-refractivity contribution in [3.63, 3.8) is 0 Å². The number of rotatable bonds is 3. The molecule has 0 spiro atoms. The lowest BCUT2D eigenvalue weighted by Gasteiger charge is -2.21. The molecule has 6 rings (SSSR count). The Morgan fingerprint density at radius 3 is 2.15 bits per heavy atom. The number of aromatic nitrogens is 2. The fourth-order valence-corrected chi connectivity index (χ4v) is 6.24. The van der Waals surface area contributed by atoms with Gasteiger partial charge in [-0.3, -0.25) is 4.98 Å². The highest BCUT2D eigenvalue weighted by atomic mass is 32.1. The lowest BCUT2D eigenvalue weighted by Crippen LogP contribution is -2.11. The van der Waals surface area contributed by atoms with Crippen LogP contribution in [0.3, 0.4) is 0 Å². The number of benzene rings is 4. The van der Waals surface area contributed by atoms with Crippen LogP contribution in [0.4, 0.5) is 0 Å². The molecule has 2 aromatic heterocycles. The summed E-state index contributed by atoms with van der Waals surface area (Å²) in [6.45, 7) is 13.4. The van der Waals surface area contributed by atoms with Crippen LogP contribution < -0.4 is 0 Å². The zero-order valence-corrected chi connectivity index (χ0v) is 24.7. The van der Waals surface area contributed by atoms with E-state index in [9.17, 15) is 5.11 Å². The van der Waals surface area contributed by atoms with E-state index in [-0.39, 0.29) is 16.6 Å². The Labute approximate surface area is 240 Å². The molecule has 4 aromatic carbocycles. The average molecular weight is 543 g/mol. The third kappa shape index (κ3) is 4.77. The van der Waals surface area contributed by atoms with Crippen LogP contribution in [0.25, 0.3) is 53.9 Å². The Balaban J connectivity index is 1.64. The monoisotopic (exact) mass is 542 g/mol. The van der Waals surface area contributed by atoms with Crippen molar-refractivity contribution >= 4 is 32.3 Å². The van der Waals surface area contributed by atoms with Gasteiger partial charge in [0.15, 0.2) is 0 Å². The van der Waals surface area contributed by atoms with Gasteiger partial charge in [-0.05, 0) is 86.8 Å². The summed E-state index contributed by atoms with van der Waals surface area (Å²) in [4.78, 5) is 9.95. The molecule has 6 aromatic rings. The maximum Gasteiger partial charge on any atom is 0.128 e. The zero-order valence-electron chi connectivity index (χ0n) is 23.9. The van der Waals surface area contributed by atoms with Crippen molar-refractivity contribution in [1.82, 2.24) is 9.97 Å². The third-order valence-corrected chi connectivity index (χ3v) is 8.61. The first-order chi connectivity index (χ1) is 19.0. The molecule has 0 aliphatic rings. The topological polar surface area (TPSA) is 46.0 Å². The van der Waals surface area contributed by atoms with Crippen LogP contribution in [-0.2, 0) is 10.8 Å². The summed E-state index contributed by atoms with van der Waals surface area (Å²) in [5.41, 5.74) is 8.51. The summed E-state index contributed by atoms with van der Waals surface area (Å²) in [6.07, 6.45) is 1.93. The largest absolute Gasteiger partial charge is 0.507 e. The first-order valence-corrected chi connectivity index (χ1v) is 14.5. The molecule has 0 aliphatic heterocycles. The van der Waals surface area contributed by atoms with Gasteiger partial charge in [-0.2, -0.15) is 0 Å². The van der Waals surface area contributed by atoms with Crippen molar-refractivity contribution < 1.29 is 5.11 Å². The number of aromatic hydroxyl groups is 1. The summed E-state index contributed by atoms with van der Waals surface area (Å²) in [6, 6.07) is 29.4. The molecule has 0 radical (unpaired) electrons. The third-order valence-electron chi connectivity index (χ3n) is 7.57. The maximum absolute atomic E-state index is 10.6. The average Bonchev–Trinajstić information content (AvgIpc) is 3.35. The summed E-state index contributed by atoms with van der Waals surface area (Å²) < 4.78 is 1.11. The van der Waals surface area contributed by atoms with Gasteiger partial charge in [0.05, 0.1) is 21.5 Å². The highest BCUT2D eigenvalue weighted by Crippen LogP contribution is 2.43. The number of para-hydroxylation sites is 1. The van der Waals surface area contributed by atoms with E-state index in [2.05, 4.69) is 102 Å². The van der Waals surface area contributed by atoms with Crippen LogP contribution >= 0.6 is 11.3 Å². The molecule has 200 valence electrons. The van der Waals surface area contributed by atoms with Crippen LogP contribution in [-0.4, -0.2) is 15.1 Å². The van der Waals surface area contributed by atoms with Crippen molar-refractivity contribution in [2.75, 3.05) is 0 Å². The number of thiazole rings is 1.